The monoisotopic (exact) mass is 277 g/mol. The van der Waals surface area contributed by atoms with E-state index in [9.17, 15) is 4.79 Å². The Morgan fingerprint density at radius 1 is 1.50 bits per heavy atom. The molecule has 1 aliphatic heterocycles. The van der Waals surface area contributed by atoms with Crippen LogP contribution in [-0.2, 0) is 0 Å². The van der Waals surface area contributed by atoms with Crippen LogP contribution < -0.4 is 11.1 Å². The number of likely N-dealkylation sites (tertiary alicyclic amines) is 1. The van der Waals surface area contributed by atoms with Crippen molar-refractivity contribution >= 4 is 11.6 Å². The van der Waals surface area contributed by atoms with Crippen molar-refractivity contribution in [1.29, 1.82) is 0 Å². The number of H-pyrrole nitrogens is 1. The molecule has 0 spiro atoms. The fraction of sp³-hybridized carbons (Fsp3) is 0.714. The van der Waals surface area contributed by atoms with E-state index in [4.69, 9.17) is 5.73 Å². The number of rotatable bonds is 5. The zero-order valence-corrected chi connectivity index (χ0v) is 12.0. The molecule has 1 unspecified atom stereocenters. The van der Waals surface area contributed by atoms with Crippen molar-refractivity contribution in [3.05, 3.63) is 11.4 Å². The molecule has 1 saturated carbocycles. The highest BCUT2D eigenvalue weighted by Gasteiger charge is 2.30. The normalized spacial score (nSPS) is 21.1. The molecule has 4 N–H and O–H groups in total. The van der Waals surface area contributed by atoms with Gasteiger partial charge in [-0.1, -0.05) is 0 Å². The summed E-state index contributed by atoms with van der Waals surface area (Å²) in [5.74, 6) is 0.310. The number of aromatic nitrogens is 2. The first kappa shape index (κ1) is 13.4. The molecule has 1 aromatic heterocycles. The molecule has 110 valence electrons. The summed E-state index contributed by atoms with van der Waals surface area (Å²) >= 11 is 0. The van der Waals surface area contributed by atoms with Crippen molar-refractivity contribution in [2.24, 2.45) is 0 Å². The van der Waals surface area contributed by atoms with Crippen LogP contribution >= 0.6 is 0 Å². The van der Waals surface area contributed by atoms with Crippen molar-refractivity contribution in [2.75, 3.05) is 25.4 Å². The van der Waals surface area contributed by atoms with Gasteiger partial charge in [0.1, 0.15) is 0 Å². The molecule has 6 heteroatoms. The van der Waals surface area contributed by atoms with E-state index >= 15 is 0 Å². The number of amides is 1. The van der Waals surface area contributed by atoms with Crippen LogP contribution in [0.2, 0.25) is 0 Å². The predicted octanol–water partition coefficient (Wildman–Crippen LogP) is 1.08. The van der Waals surface area contributed by atoms with Gasteiger partial charge in [-0.25, -0.2) is 0 Å². The van der Waals surface area contributed by atoms with Gasteiger partial charge in [0.05, 0.1) is 11.4 Å². The van der Waals surface area contributed by atoms with Gasteiger partial charge in [-0.05, 0) is 45.7 Å². The van der Waals surface area contributed by atoms with Gasteiger partial charge in [0.15, 0.2) is 5.69 Å². The Morgan fingerprint density at radius 3 is 2.85 bits per heavy atom. The molecule has 20 heavy (non-hydrogen) atoms. The highest BCUT2D eigenvalue weighted by atomic mass is 16.2. The van der Waals surface area contributed by atoms with Crippen LogP contribution in [0.25, 0.3) is 0 Å². The summed E-state index contributed by atoms with van der Waals surface area (Å²) in [7, 11) is 0. The van der Waals surface area contributed by atoms with Crippen LogP contribution in [0.15, 0.2) is 0 Å². The number of hydrogen-bond acceptors (Lipinski definition) is 4. The van der Waals surface area contributed by atoms with E-state index in [1.165, 1.54) is 12.8 Å². The Morgan fingerprint density at radius 2 is 2.20 bits per heavy atom. The minimum Gasteiger partial charge on any atom is -0.395 e. The summed E-state index contributed by atoms with van der Waals surface area (Å²) in [5.41, 5.74) is 7.82. The molecule has 0 radical (unpaired) electrons. The number of aromatic amines is 1. The molecule has 6 nitrogen and oxygen atoms in total. The lowest BCUT2D eigenvalue weighted by molar-refractivity contribution is 0.0936. The lowest BCUT2D eigenvalue weighted by Gasteiger charge is -2.23. The van der Waals surface area contributed by atoms with Crippen molar-refractivity contribution in [1.82, 2.24) is 20.4 Å². The van der Waals surface area contributed by atoms with Crippen molar-refractivity contribution in [2.45, 2.75) is 44.6 Å². The van der Waals surface area contributed by atoms with Crippen LogP contribution in [0.4, 0.5) is 5.69 Å². The highest BCUT2D eigenvalue weighted by Crippen LogP contribution is 2.42. The van der Waals surface area contributed by atoms with Crippen molar-refractivity contribution in [3.63, 3.8) is 0 Å². The topological polar surface area (TPSA) is 87.0 Å². The summed E-state index contributed by atoms with van der Waals surface area (Å²) in [6.45, 7) is 5.06. The molecular formula is C14H23N5O. The third kappa shape index (κ3) is 2.65. The fourth-order valence-corrected chi connectivity index (χ4v) is 2.86. The largest absolute Gasteiger partial charge is 0.395 e. The summed E-state index contributed by atoms with van der Waals surface area (Å²) in [6, 6.07) is 0.365. The number of nitrogens with zero attached hydrogens (tertiary/aromatic N) is 2. The molecule has 2 fully saturated rings. The van der Waals surface area contributed by atoms with Gasteiger partial charge in [-0.3, -0.25) is 14.8 Å². The summed E-state index contributed by atoms with van der Waals surface area (Å²) in [5, 5.41) is 9.94. The van der Waals surface area contributed by atoms with Crippen LogP contribution in [0.5, 0.6) is 0 Å². The minimum atomic E-state index is -0.170. The molecule has 0 aromatic carbocycles. The maximum absolute atomic E-state index is 12.1. The number of nitrogens with one attached hydrogen (secondary N) is 2. The standard InChI is InChI=1S/C14H23N5O/c1-9(19-6-2-3-7-19)8-16-14(20)13-11(15)12(17-18-13)10-4-5-10/h9-10H,2-8,15H2,1H3,(H,16,20)(H,17,18). The Kier molecular flexibility index (Phi) is 3.65. The first-order chi connectivity index (χ1) is 9.66. The number of carbonyl (C=O) groups is 1. The molecule has 2 heterocycles. The zero-order chi connectivity index (χ0) is 14.1. The first-order valence-electron chi connectivity index (χ1n) is 7.52. The Balaban J connectivity index is 1.56. The maximum Gasteiger partial charge on any atom is 0.273 e. The van der Waals surface area contributed by atoms with Gasteiger partial charge < -0.3 is 11.1 Å². The zero-order valence-electron chi connectivity index (χ0n) is 12.0. The van der Waals surface area contributed by atoms with E-state index in [0.717, 1.165) is 31.6 Å². The highest BCUT2D eigenvalue weighted by molar-refractivity contribution is 5.97. The Bertz CT molecular complexity index is 488. The van der Waals surface area contributed by atoms with Gasteiger partial charge in [0, 0.05) is 18.5 Å². The maximum atomic E-state index is 12.1. The SMILES string of the molecule is CC(CNC(=O)c1n[nH]c(C2CC2)c1N)N1CCCC1. The van der Waals surface area contributed by atoms with Crippen molar-refractivity contribution in [3.8, 4) is 0 Å². The second-order valence-electron chi connectivity index (χ2n) is 5.98. The molecule has 1 aliphatic carbocycles. The van der Waals surface area contributed by atoms with Crippen LogP contribution in [0, 0.1) is 0 Å². The Hall–Kier alpha value is -1.56. The molecular weight excluding hydrogens is 254 g/mol. The minimum absolute atomic E-state index is 0.170. The second-order valence-corrected chi connectivity index (χ2v) is 5.98. The molecule has 1 amide bonds. The fourth-order valence-electron chi connectivity index (χ4n) is 2.86. The third-order valence-electron chi connectivity index (χ3n) is 4.36. The summed E-state index contributed by atoms with van der Waals surface area (Å²) in [6.07, 6.45) is 4.80. The third-order valence-corrected chi connectivity index (χ3v) is 4.36. The van der Waals surface area contributed by atoms with E-state index in [1.54, 1.807) is 0 Å². The second kappa shape index (κ2) is 5.44. The smallest absolute Gasteiger partial charge is 0.273 e. The van der Waals surface area contributed by atoms with Gasteiger partial charge >= 0.3 is 0 Å². The van der Waals surface area contributed by atoms with Gasteiger partial charge in [0.25, 0.3) is 5.91 Å². The lowest BCUT2D eigenvalue weighted by Crippen LogP contribution is -2.40. The van der Waals surface area contributed by atoms with Crippen molar-refractivity contribution < 1.29 is 4.79 Å². The number of nitrogen functional groups attached to an aromatic ring is 1. The molecule has 1 saturated heterocycles. The molecule has 0 bridgehead atoms. The van der Waals surface area contributed by atoms with Gasteiger partial charge in [0.2, 0.25) is 0 Å². The average molecular weight is 277 g/mol. The van der Waals surface area contributed by atoms with E-state index in [2.05, 4.69) is 27.3 Å². The van der Waals surface area contributed by atoms with Gasteiger partial charge in [-0.15, -0.1) is 0 Å². The lowest BCUT2D eigenvalue weighted by atomic mass is 10.2. The van der Waals surface area contributed by atoms with E-state index in [1.807, 2.05) is 0 Å². The van der Waals surface area contributed by atoms with E-state index in [0.29, 0.717) is 29.9 Å². The number of carbonyl (C=O) groups excluding carboxylic acids is 1. The quantitative estimate of drug-likeness (QED) is 0.751. The van der Waals surface area contributed by atoms with Crippen LogP contribution in [0.3, 0.4) is 0 Å². The number of anilines is 1. The van der Waals surface area contributed by atoms with Crippen LogP contribution in [-0.4, -0.2) is 46.7 Å². The molecule has 3 rings (SSSR count). The molecule has 1 aromatic rings. The molecule has 2 aliphatic rings. The average Bonchev–Trinajstić information content (AvgIpc) is 2.99. The summed E-state index contributed by atoms with van der Waals surface area (Å²) in [4.78, 5) is 14.6. The molecule has 1 atom stereocenters. The van der Waals surface area contributed by atoms with Gasteiger partial charge in [-0.2, -0.15) is 5.10 Å². The predicted molar refractivity (Wildman–Crippen MR) is 77.6 cm³/mol. The van der Waals surface area contributed by atoms with E-state index in [-0.39, 0.29) is 5.91 Å². The van der Waals surface area contributed by atoms with Crippen LogP contribution in [0.1, 0.15) is 54.7 Å². The summed E-state index contributed by atoms with van der Waals surface area (Å²) < 4.78 is 0. The first-order valence-corrected chi connectivity index (χ1v) is 7.52. The number of hydrogen-bond donors (Lipinski definition) is 3. The Labute approximate surface area is 119 Å². The van der Waals surface area contributed by atoms with E-state index < -0.39 is 0 Å². The number of nitrogens with two attached hydrogens (primary N) is 1.